The van der Waals surface area contributed by atoms with Crippen molar-refractivity contribution in [3.05, 3.63) is 69.2 Å². The van der Waals surface area contributed by atoms with Crippen LogP contribution in [-0.4, -0.2) is 5.24 Å². The van der Waals surface area contributed by atoms with Crippen LogP contribution in [0, 0.1) is 0 Å². The molecule has 1 aliphatic rings. The van der Waals surface area contributed by atoms with Gasteiger partial charge < -0.3 is 0 Å². The maximum atomic E-state index is 12.1. The van der Waals surface area contributed by atoms with E-state index in [1.807, 2.05) is 24.3 Å². The Hall–Kier alpha value is -1.02. The number of benzene rings is 2. The number of hydrogen-bond donors (Lipinski definition) is 0. The Kier molecular flexibility index (Phi) is 3.53. The fourth-order valence-corrected chi connectivity index (χ4v) is 3.75. The Morgan fingerprint density at radius 3 is 2.10 bits per heavy atom. The summed E-state index contributed by atoms with van der Waals surface area (Å²) < 4.78 is 0. The van der Waals surface area contributed by atoms with Gasteiger partial charge in [0.25, 0.3) is 0 Å². The SMILES string of the molecule is O=C(Cl)C1(c2ccc(Cl)cc2Cl)Cc2ccccc2C1. The van der Waals surface area contributed by atoms with Crippen molar-refractivity contribution in [3.63, 3.8) is 0 Å². The molecule has 0 saturated heterocycles. The molecule has 0 fully saturated rings. The zero-order valence-corrected chi connectivity index (χ0v) is 12.8. The Morgan fingerprint density at radius 2 is 1.60 bits per heavy atom. The predicted octanol–water partition coefficient (Wildman–Crippen LogP) is 4.80. The van der Waals surface area contributed by atoms with Gasteiger partial charge >= 0.3 is 0 Å². The van der Waals surface area contributed by atoms with E-state index in [0.717, 1.165) is 16.7 Å². The van der Waals surface area contributed by atoms with Gasteiger partial charge in [-0.2, -0.15) is 0 Å². The third-order valence-electron chi connectivity index (χ3n) is 3.93. The van der Waals surface area contributed by atoms with Crippen molar-refractivity contribution in [2.75, 3.05) is 0 Å². The van der Waals surface area contributed by atoms with E-state index in [0.29, 0.717) is 22.9 Å². The van der Waals surface area contributed by atoms with Crippen LogP contribution < -0.4 is 0 Å². The third kappa shape index (κ3) is 2.14. The molecule has 0 saturated carbocycles. The fourth-order valence-electron chi connectivity index (χ4n) is 2.93. The highest BCUT2D eigenvalue weighted by Gasteiger charge is 2.45. The molecule has 0 amide bonds. The highest BCUT2D eigenvalue weighted by atomic mass is 35.5. The van der Waals surface area contributed by atoms with Crippen LogP contribution in [0.3, 0.4) is 0 Å². The highest BCUT2D eigenvalue weighted by molar-refractivity contribution is 6.65. The molecule has 0 bridgehead atoms. The molecule has 0 N–H and O–H groups in total. The van der Waals surface area contributed by atoms with E-state index in [2.05, 4.69) is 0 Å². The second-order valence-corrected chi connectivity index (χ2v) is 6.29. The van der Waals surface area contributed by atoms with Crippen molar-refractivity contribution < 1.29 is 4.79 Å². The monoisotopic (exact) mass is 324 g/mol. The molecule has 0 radical (unpaired) electrons. The summed E-state index contributed by atoms with van der Waals surface area (Å²) in [4.78, 5) is 12.1. The molecular formula is C16H11Cl3O. The molecule has 2 aromatic carbocycles. The average Bonchev–Trinajstić information content (AvgIpc) is 2.78. The van der Waals surface area contributed by atoms with Crippen LogP contribution in [0.2, 0.25) is 10.0 Å². The van der Waals surface area contributed by atoms with Crippen LogP contribution in [0.15, 0.2) is 42.5 Å². The first-order chi connectivity index (χ1) is 9.53. The molecule has 0 unspecified atom stereocenters. The number of fused-ring (bicyclic) bond motifs is 1. The molecule has 4 heteroatoms. The summed E-state index contributed by atoms with van der Waals surface area (Å²) in [5.74, 6) is 0. The number of carbonyl (C=O) groups excluding carboxylic acids is 1. The van der Waals surface area contributed by atoms with Gasteiger partial charge in [0, 0.05) is 10.0 Å². The summed E-state index contributed by atoms with van der Waals surface area (Å²) in [5.41, 5.74) is 2.26. The van der Waals surface area contributed by atoms with E-state index in [-0.39, 0.29) is 5.24 Å². The lowest BCUT2D eigenvalue weighted by atomic mass is 9.79. The lowest BCUT2D eigenvalue weighted by molar-refractivity contribution is -0.116. The van der Waals surface area contributed by atoms with Crippen molar-refractivity contribution in [1.82, 2.24) is 0 Å². The Balaban J connectivity index is 2.15. The zero-order chi connectivity index (χ0) is 14.3. The summed E-state index contributed by atoms with van der Waals surface area (Å²) in [6, 6.07) is 13.2. The van der Waals surface area contributed by atoms with E-state index >= 15 is 0 Å². The maximum absolute atomic E-state index is 12.1. The van der Waals surface area contributed by atoms with Gasteiger partial charge in [-0.3, -0.25) is 4.79 Å². The summed E-state index contributed by atoms with van der Waals surface area (Å²) in [6.07, 6.45) is 1.15. The normalized spacial score (nSPS) is 15.9. The van der Waals surface area contributed by atoms with Crippen LogP contribution in [0.1, 0.15) is 16.7 Å². The van der Waals surface area contributed by atoms with Crippen molar-refractivity contribution >= 4 is 40.0 Å². The van der Waals surface area contributed by atoms with Gasteiger partial charge in [0.1, 0.15) is 0 Å². The zero-order valence-electron chi connectivity index (χ0n) is 10.5. The standard InChI is InChI=1S/C16H11Cl3O/c17-12-5-6-13(14(18)7-12)16(15(19)20)8-10-3-1-2-4-11(10)9-16/h1-7H,8-9H2. The molecule has 1 nitrogen and oxygen atoms in total. The minimum atomic E-state index is -0.785. The Morgan fingerprint density at radius 1 is 1.00 bits per heavy atom. The van der Waals surface area contributed by atoms with E-state index in [9.17, 15) is 4.79 Å². The first kappa shape index (κ1) is 13.9. The van der Waals surface area contributed by atoms with Crippen LogP contribution in [-0.2, 0) is 23.1 Å². The molecule has 0 aliphatic heterocycles. The van der Waals surface area contributed by atoms with Crippen molar-refractivity contribution in [1.29, 1.82) is 0 Å². The third-order valence-corrected chi connectivity index (χ3v) is 4.84. The first-order valence-corrected chi connectivity index (χ1v) is 7.38. The van der Waals surface area contributed by atoms with E-state index in [4.69, 9.17) is 34.8 Å². The van der Waals surface area contributed by atoms with Gasteiger partial charge in [0.2, 0.25) is 5.24 Å². The maximum Gasteiger partial charge on any atom is 0.232 e. The van der Waals surface area contributed by atoms with Crippen molar-refractivity contribution in [2.45, 2.75) is 18.3 Å². The van der Waals surface area contributed by atoms with Gasteiger partial charge in [-0.05, 0) is 53.3 Å². The summed E-state index contributed by atoms with van der Waals surface area (Å²) >= 11 is 18.2. The van der Waals surface area contributed by atoms with Gasteiger partial charge in [-0.25, -0.2) is 0 Å². The predicted molar refractivity (Wildman–Crippen MR) is 82.9 cm³/mol. The molecule has 0 aromatic heterocycles. The second-order valence-electron chi connectivity index (χ2n) is 5.10. The van der Waals surface area contributed by atoms with Gasteiger partial charge in [0.15, 0.2) is 0 Å². The van der Waals surface area contributed by atoms with Gasteiger partial charge in [-0.1, -0.05) is 53.5 Å². The molecule has 0 spiro atoms. The average molecular weight is 326 g/mol. The lowest BCUT2D eigenvalue weighted by Crippen LogP contribution is -2.34. The molecule has 2 aromatic rings. The van der Waals surface area contributed by atoms with Gasteiger partial charge in [-0.15, -0.1) is 0 Å². The molecular weight excluding hydrogens is 315 g/mol. The largest absolute Gasteiger partial charge is 0.280 e. The molecule has 0 atom stereocenters. The first-order valence-electron chi connectivity index (χ1n) is 6.25. The summed E-state index contributed by atoms with van der Waals surface area (Å²) in [7, 11) is 0. The molecule has 102 valence electrons. The van der Waals surface area contributed by atoms with Gasteiger partial charge in [0.05, 0.1) is 5.41 Å². The molecule has 3 rings (SSSR count). The Bertz CT molecular complexity index is 669. The number of hydrogen-bond acceptors (Lipinski definition) is 1. The number of rotatable bonds is 2. The highest BCUT2D eigenvalue weighted by Crippen LogP contribution is 2.44. The van der Waals surface area contributed by atoms with E-state index < -0.39 is 5.41 Å². The molecule has 1 aliphatic carbocycles. The minimum Gasteiger partial charge on any atom is -0.280 e. The quantitative estimate of drug-likeness (QED) is 0.725. The van der Waals surface area contributed by atoms with Crippen LogP contribution in [0.4, 0.5) is 0 Å². The van der Waals surface area contributed by atoms with E-state index in [1.165, 1.54) is 0 Å². The summed E-state index contributed by atoms with van der Waals surface area (Å²) in [5, 5.41) is 0.656. The second kappa shape index (κ2) is 5.07. The molecule has 0 heterocycles. The summed E-state index contributed by atoms with van der Waals surface area (Å²) in [6.45, 7) is 0. The smallest absolute Gasteiger partial charge is 0.232 e. The van der Waals surface area contributed by atoms with Crippen LogP contribution >= 0.6 is 34.8 Å². The minimum absolute atomic E-state index is 0.377. The number of carbonyl (C=O) groups is 1. The van der Waals surface area contributed by atoms with Crippen LogP contribution in [0.25, 0.3) is 0 Å². The van der Waals surface area contributed by atoms with Crippen molar-refractivity contribution in [3.8, 4) is 0 Å². The fraction of sp³-hybridized carbons (Fsp3) is 0.188. The van der Waals surface area contributed by atoms with E-state index in [1.54, 1.807) is 18.2 Å². The number of halogens is 3. The van der Waals surface area contributed by atoms with Crippen LogP contribution in [0.5, 0.6) is 0 Å². The Labute approximate surface area is 132 Å². The topological polar surface area (TPSA) is 17.1 Å². The lowest BCUT2D eigenvalue weighted by Gasteiger charge is -2.26. The molecule has 20 heavy (non-hydrogen) atoms. The van der Waals surface area contributed by atoms with Crippen molar-refractivity contribution in [2.24, 2.45) is 0 Å².